The van der Waals surface area contributed by atoms with E-state index in [-0.39, 0.29) is 0 Å². The molecule has 26 heavy (non-hydrogen) atoms. The molecule has 3 aromatic rings. The van der Waals surface area contributed by atoms with Gasteiger partial charge in [-0.05, 0) is 17.2 Å². The summed E-state index contributed by atoms with van der Waals surface area (Å²) in [5.41, 5.74) is 4.32. The summed E-state index contributed by atoms with van der Waals surface area (Å²) in [4.78, 5) is 17.4. The van der Waals surface area contributed by atoms with Crippen LogP contribution in [0.25, 0.3) is 11.3 Å². The third-order valence-electron chi connectivity index (χ3n) is 4.22. The molecule has 132 valence electrons. The zero-order valence-electron chi connectivity index (χ0n) is 13.6. The van der Waals surface area contributed by atoms with Gasteiger partial charge < -0.3 is 0 Å². The molecule has 0 spiro atoms. The van der Waals surface area contributed by atoms with Gasteiger partial charge in [-0.25, -0.2) is 19.9 Å². The lowest BCUT2D eigenvalue weighted by atomic mass is 10.1. The minimum Gasteiger partial charge on any atom is -0.289 e. The second-order valence-corrected chi connectivity index (χ2v) is 6.10. The second-order valence-electron chi connectivity index (χ2n) is 6.10. The Hall–Kier alpha value is -2.87. The maximum atomic E-state index is 12.6. The number of halogens is 3. The Balaban J connectivity index is 1.51. The zero-order valence-corrected chi connectivity index (χ0v) is 13.6. The van der Waals surface area contributed by atoms with Crippen LogP contribution in [0.4, 0.5) is 13.2 Å². The number of rotatable bonds is 3. The Kier molecular flexibility index (Phi) is 4.12. The van der Waals surface area contributed by atoms with Crippen LogP contribution in [0.2, 0.25) is 0 Å². The van der Waals surface area contributed by atoms with E-state index in [1.165, 1.54) is 17.5 Å². The highest BCUT2D eigenvalue weighted by Crippen LogP contribution is 2.27. The second kappa shape index (κ2) is 6.45. The van der Waals surface area contributed by atoms with E-state index in [2.05, 4.69) is 37.0 Å². The third-order valence-corrected chi connectivity index (χ3v) is 4.22. The number of nitrogens with zero attached hydrogens (tertiary/aromatic N) is 5. The monoisotopic (exact) mass is 357 g/mol. The van der Waals surface area contributed by atoms with Crippen LogP contribution < -0.4 is 0 Å². The molecule has 1 aliphatic rings. The van der Waals surface area contributed by atoms with Crippen molar-refractivity contribution in [2.75, 3.05) is 0 Å². The van der Waals surface area contributed by atoms with E-state index in [4.69, 9.17) is 0 Å². The number of fused-ring (bicyclic) bond motifs is 1. The van der Waals surface area contributed by atoms with Gasteiger partial charge in [-0.3, -0.25) is 4.90 Å². The van der Waals surface area contributed by atoms with Gasteiger partial charge in [-0.15, -0.1) is 0 Å². The van der Waals surface area contributed by atoms with E-state index in [0.29, 0.717) is 17.8 Å². The summed E-state index contributed by atoms with van der Waals surface area (Å²) >= 11 is 0. The molecule has 0 fully saturated rings. The van der Waals surface area contributed by atoms with Crippen LogP contribution in [0.1, 0.15) is 22.6 Å². The highest BCUT2D eigenvalue weighted by atomic mass is 19.4. The SMILES string of the molecule is FC(F)(F)c1ncc(-c2cc(CN3Cc4ccccc4C3)ncn2)cn1. The molecule has 1 aliphatic heterocycles. The van der Waals surface area contributed by atoms with E-state index < -0.39 is 12.0 Å². The Bertz CT molecular complexity index is 900. The molecule has 2 aromatic heterocycles. The minimum atomic E-state index is -4.56. The molecule has 3 heterocycles. The van der Waals surface area contributed by atoms with Crippen molar-refractivity contribution in [1.82, 2.24) is 24.8 Å². The molecule has 8 heteroatoms. The molecule has 5 nitrogen and oxygen atoms in total. The normalized spacial score (nSPS) is 14.4. The summed E-state index contributed by atoms with van der Waals surface area (Å²) in [6.07, 6.45) is -0.882. The molecule has 0 saturated carbocycles. The maximum Gasteiger partial charge on any atom is 0.451 e. The van der Waals surface area contributed by atoms with E-state index in [1.54, 1.807) is 6.07 Å². The molecule has 0 amide bonds. The van der Waals surface area contributed by atoms with Crippen molar-refractivity contribution in [3.63, 3.8) is 0 Å². The summed E-state index contributed by atoms with van der Waals surface area (Å²) in [5.74, 6) is -1.16. The van der Waals surface area contributed by atoms with Crippen molar-refractivity contribution in [2.24, 2.45) is 0 Å². The first-order valence-corrected chi connectivity index (χ1v) is 7.99. The van der Waals surface area contributed by atoms with Gasteiger partial charge in [0.25, 0.3) is 0 Å². The molecule has 1 aromatic carbocycles. The Morgan fingerprint density at radius 1 is 0.923 bits per heavy atom. The van der Waals surface area contributed by atoms with Crippen molar-refractivity contribution in [3.8, 4) is 11.3 Å². The van der Waals surface area contributed by atoms with Gasteiger partial charge in [0, 0.05) is 37.6 Å². The van der Waals surface area contributed by atoms with Crippen LogP contribution in [0, 0.1) is 0 Å². The predicted octanol–water partition coefficient (Wildman–Crippen LogP) is 3.47. The highest BCUT2D eigenvalue weighted by molar-refractivity contribution is 5.56. The molecule has 0 saturated heterocycles. The van der Waals surface area contributed by atoms with Crippen LogP contribution in [-0.2, 0) is 25.8 Å². The first-order valence-electron chi connectivity index (χ1n) is 7.99. The fraction of sp³-hybridized carbons (Fsp3) is 0.222. The average Bonchev–Trinajstić information content (AvgIpc) is 3.03. The van der Waals surface area contributed by atoms with Gasteiger partial charge in [0.1, 0.15) is 6.33 Å². The van der Waals surface area contributed by atoms with Gasteiger partial charge in [0.05, 0.1) is 11.4 Å². The van der Waals surface area contributed by atoms with Gasteiger partial charge >= 0.3 is 6.18 Å². The van der Waals surface area contributed by atoms with Gasteiger partial charge in [-0.1, -0.05) is 24.3 Å². The summed E-state index contributed by atoms with van der Waals surface area (Å²) in [5, 5.41) is 0. The largest absolute Gasteiger partial charge is 0.451 e. The van der Waals surface area contributed by atoms with Crippen molar-refractivity contribution >= 4 is 0 Å². The predicted molar refractivity (Wildman–Crippen MR) is 87.5 cm³/mol. The Labute approximate surface area is 147 Å². The molecule has 0 unspecified atom stereocenters. The van der Waals surface area contributed by atoms with Crippen LogP contribution in [-0.4, -0.2) is 24.8 Å². The molecular weight excluding hydrogens is 343 g/mol. The van der Waals surface area contributed by atoms with Crippen molar-refractivity contribution < 1.29 is 13.2 Å². The fourth-order valence-corrected chi connectivity index (χ4v) is 2.99. The molecule has 0 atom stereocenters. The average molecular weight is 357 g/mol. The van der Waals surface area contributed by atoms with Crippen LogP contribution in [0.15, 0.2) is 49.1 Å². The number of benzene rings is 1. The van der Waals surface area contributed by atoms with Crippen molar-refractivity contribution in [2.45, 2.75) is 25.8 Å². The summed E-state index contributed by atoms with van der Waals surface area (Å²) in [6, 6.07) is 10.0. The Morgan fingerprint density at radius 3 is 2.19 bits per heavy atom. The van der Waals surface area contributed by atoms with Crippen LogP contribution in [0.3, 0.4) is 0 Å². The standard InChI is InChI=1S/C18H14F3N5/c19-18(20,21)17-22-6-14(7-23-17)16-5-15(24-11-25-16)10-26-8-12-3-1-2-4-13(12)9-26/h1-7,11H,8-10H2. The Morgan fingerprint density at radius 2 is 1.58 bits per heavy atom. The smallest absolute Gasteiger partial charge is 0.289 e. The summed E-state index contributed by atoms with van der Waals surface area (Å²) in [7, 11) is 0. The highest BCUT2D eigenvalue weighted by Gasteiger charge is 2.34. The van der Waals surface area contributed by atoms with E-state index >= 15 is 0 Å². The lowest BCUT2D eigenvalue weighted by Gasteiger charge is -2.14. The van der Waals surface area contributed by atoms with Gasteiger partial charge in [0.2, 0.25) is 5.82 Å². The van der Waals surface area contributed by atoms with Crippen molar-refractivity contribution in [1.29, 1.82) is 0 Å². The molecule has 0 aliphatic carbocycles. The molecule has 0 N–H and O–H groups in total. The first-order chi connectivity index (χ1) is 12.5. The molecule has 4 rings (SSSR count). The zero-order chi connectivity index (χ0) is 18.1. The lowest BCUT2D eigenvalue weighted by Crippen LogP contribution is -2.16. The van der Waals surface area contributed by atoms with Gasteiger partial charge in [-0.2, -0.15) is 13.2 Å². The topological polar surface area (TPSA) is 54.8 Å². The maximum absolute atomic E-state index is 12.6. The summed E-state index contributed by atoms with van der Waals surface area (Å²) < 4.78 is 37.7. The van der Waals surface area contributed by atoms with Crippen molar-refractivity contribution in [3.05, 3.63) is 71.7 Å². The fourth-order valence-electron chi connectivity index (χ4n) is 2.99. The van der Waals surface area contributed by atoms with Gasteiger partial charge in [0.15, 0.2) is 0 Å². The lowest BCUT2D eigenvalue weighted by molar-refractivity contribution is -0.144. The van der Waals surface area contributed by atoms with E-state index in [1.807, 2.05) is 12.1 Å². The first kappa shape index (κ1) is 16.6. The third kappa shape index (κ3) is 3.41. The summed E-state index contributed by atoms with van der Waals surface area (Å²) in [6.45, 7) is 2.32. The molecular formula is C18H14F3N5. The van der Waals surface area contributed by atoms with Crippen LogP contribution >= 0.6 is 0 Å². The number of alkyl halides is 3. The van der Waals surface area contributed by atoms with E-state index in [0.717, 1.165) is 31.2 Å². The quantitative estimate of drug-likeness (QED) is 0.718. The minimum absolute atomic E-state index is 0.423. The molecule has 0 radical (unpaired) electrons. The number of hydrogen-bond acceptors (Lipinski definition) is 5. The van der Waals surface area contributed by atoms with Crippen LogP contribution in [0.5, 0.6) is 0 Å². The number of hydrogen-bond donors (Lipinski definition) is 0. The van der Waals surface area contributed by atoms with E-state index in [9.17, 15) is 13.2 Å². The molecule has 0 bridgehead atoms. The number of aromatic nitrogens is 4.